The standard InChI is InChI=1S/C14H19F2N/c1-9(17-8-11-7-14(11,2)3)10-4-5-12(15)13(16)6-10/h4-6,9,11,17H,7-8H2,1-3H3. The van der Waals surface area contributed by atoms with E-state index in [0.29, 0.717) is 11.3 Å². The molecule has 1 aliphatic rings. The molecule has 1 fully saturated rings. The van der Waals surface area contributed by atoms with Crippen molar-refractivity contribution in [3.63, 3.8) is 0 Å². The van der Waals surface area contributed by atoms with Gasteiger partial charge in [0, 0.05) is 6.04 Å². The Labute approximate surface area is 101 Å². The molecule has 17 heavy (non-hydrogen) atoms. The second-order valence-electron chi connectivity index (χ2n) is 5.69. The SMILES string of the molecule is CC(NCC1CC1(C)C)c1ccc(F)c(F)c1. The fourth-order valence-corrected chi connectivity index (χ4v) is 2.14. The van der Waals surface area contributed by atoms with Gasteiger partial charge in [-0.1, -0.05) is 19.9 Å². The van der Waals surface area contributed by atoms with Crippen LogP contribution in [0.4, 0.5) is 8.78 Å². The van der Waals surface area contributed by atoms with Crippen molar-refractivity contribution in [3.05, 3.63) is 35.4 Å². The molecule has 1 aliphatic carbocycles. The van der Waals surface area contributed by atoms with Gasteiger partial charge in [0.2, 0.25) is 0 Å². The van der Waals surface area contributed by atoms with Crippen molar-refractivity contribution in [2.75, 3.05) is 6.54 Å². The molecule has 0 heterocycles. The lowest BCUT2D eigenvalue weighted by Crippen LogP contribution is -2.22. The summed E-state index contributed by atoms with van der Waals surface area (Å²) in [6, 6.07) is 4.14. The van der Waals surface area contributed by atoms with E-state index >= 15 is 0 Å². The van der Waals surface area contributed by atoms with Crippen molar-refractivity contribution < 1.29 is 8.78 Å². The van der Waals surface area contributed by atoms with Crippen LogP contribution in [-0.2, 0) is 0 Å². The summed E-state index contributed by atoms with van der Waals surface area (Å²) in [5.74, 6) is -0.859. The molecule has 0 spiro atoms. The topological polar surface area (TPSA) is 12.0 Å². The monoisotopic (exact) mass is 239 g/mol. The van der Waals surface area contributed by atoms with Crippen LogP contribution < -0.4 is 5.32 Å². The molecule has 1 nitrogen and oxygen atoms in total. The molecular weight excluding hydrogens is 220 g/mol. The van der Waals surface area contributed by atoms with Crippen LogP contribution in [0.15, 0.2) is 18.2 Å². The molecule has 94 valence electrons. The summed E-state index contributed by atoms with van der Waals surface area (Å²) in [6.45, 7) is 7.42. The zero-order chi connectivity index (χ0) is 12.6. The number of rotatable bonds is 4. The quantitative estimate of drug-likeness (QED) is 0.845. The van der Waals surface area contributed by atoms with Gasteiger partial charge in [-0.05, 0) is 48.9 Å². The molecule has 1 aromatic carbocycles. The largest absolute Gasteiger partial charge is 0.310 e. The third-order valence-electron chi connectivity index (χ3n) is 3.83. The second kappa shape index (κ2) is 4.37. The van der Waals surface area contributed by atoms with Crippen LogP contribution in [0.1, 0.15) is 38.8 Å². The number of hydrogen-bond acceptors (Lipinski definition) is 1. The van der Waals surface area contributed by atoms with Gasteiger partial charge in [-0.15, -0.1) is 0 Å². The molecular formula is C14H19F2N. The van der Waals surface area contributed by atoms with Gasteiger partial charge in [0.05, 0.1) is 0 Å². The van der Waals surface area contributed by atoms with E-state index in [1.54, 1.807) is 6.07 Å². The van der Waals surface area contributed by atoms with Crippen LogP contribution in [-0.4, -0.2) is 6.54 Å². The first-order chi connectivity index (χ1) is 7.90. The Morgan fingerprint density at radius 1 is 1.35 bits per heavy atom. The van der Waals surface area contributed by atoms with E-state index in [-0.39, 0.29) is 6.04 Å². The first-order valence-corrected chi connectivity index (χ1v) is 6.08. The van der Waals surface area contributed by atoms with Crippen LogP contribution >= 0.6 is 0 Å². The van der Waals surface area contributed by atoms with E-state index < -0.39 is 11.6 Å². The molecule has 0 aromatic heterocycles. The molecule has 1 saturated carbocycles. The molecule has 2 atom stereocenters. The van der Waals surface area contributed by atoms with Gasteiger partial charge in [0.1, 0.15) is 0 Å². The van der Waals surface area contributed by atoms with Gasteiger partial charge in [-0.3, -0.25) is 0 Å². The lowest BCUT2D eigenvalue weighted by atomic mass is 10.1. The van der Waals surface area contributed by atoms with Crippen molar-refractivity contribution in [1.82, 2.24) is 5.32 Å². The molecule has 0 amide bonds. The maximum Gasteiger partial charge on any atom is 0.159 e. The van der Waals surface area contributed by atoms with E-state index in [0.717, 1.165) is 12.1 Å². The molecule has 1 aromatic rings. The summed E-state index contributed by atoms with van der Waals surface area (Å²) in [6.07, 6.45) is 1.24. The second-order valence-corrected chi connectivity index (χ2v) is 5.69. The fourth-order valence-electron chi connectivity index (χ4n) is 2.14. The average molecular weight is 239 g/mol. The zero-order valence-electron chi connectivity index (χ0n) is 10.6. The molecule has 0 bridgehead atoms. The summed E-state index contributed by atoms with van der Waals surface area (Å²) in [5.41, 5.74) is 1.24. The number of hydrogen-bond donors (Lipinski definition) is 1. The average Bonchev–Trinajstić information content (AvgIpc) is 2.87. The lowest BCUT2D eigenvalue weighted by Gasteiger charge is -2.15. The molecule has 1 N–H and O–H groups in total. The van der Waals surface area contributed by atoms with E-state index in [1.807, 2.05) is 6.92 Å². The Balaban J connectivity index is 1.91. The first kappa shape index (κ1) is 12.5. The van der Waals surface area contributed by atoms with E-state index in [2.05, 4.69) is 19.2 Å². The molecule has 2 unspecified atom stereocenters. The predicted octanol–water partition coefficient (Wildman–Crippen LogP) is 3.66. The van der Waals surface area contributed by atoms with E-state index in [9.17, 15) is 8.78 Å². The maximum atomic E-state index is 13.1. The normalized spacial score (nSPS) is 23.5. The number of halogens is 2. The number of nitrogens with one attached hydrogen (secondary N) is 1. The Hall–Kier alpha value is -0.960. The first-order valence-electron chi connectivity index (χ1n) is 6.08. The van der Waals surface area contributed by atoms with Gasteiger partial charge >= 0.3 is 0 Å². The Bertz CT molecular complexity index is 415. The minimum absolute atomic E-state index is 0.0569. The highest BCUT2D eigenvalue weighted by molar-refractivity contribution is 5.20. The molecule has 0 saturated heterocycles. The number of benzene rings is 1. The maximum absolute atomic E-state index is 13.1. The van der Waals surface area contributed by atoms with Crippen molar-refractivity contribution in [2.45, 2.75) is 33.2 Å². The summed E-state index contributed by atoms with van der Waals surface area (Å²) < 4.78 is 25.9. The highest BCUT2D eigenvalue weighted by Crippen LogP contribution is 2.51. The van der Waals surface area contributed by atoms with E-state index in [4.69, 9.17) is 0 Å². The lowest BCUT2D eigenvalue weighted by molar-refractivity contribution is 0.477. The Kier molecular flexibility index (Phi) is 3.21. The van der Waals surface area contributed by atoms with Crippen LogP contribution in [0.25, 0.3) is 0 Å². The molecule has 3 heteroatoms. The fraction of sp³-hybridized carbons (Fsp3) is 0.571. The molecule has 0 radical (unpaired) electrons. The van der Waals surface area contributed by atoms with Crippen LogP contribution in [0.5, 0.6) is 0 Å². The Morgan fingerprint density at radius 3 is 2.53 bits per heavy atom. The Morgan fingerprint density at radius 2 is 2.00 bits per heavy atom. The van der Waals surface area contributed by atoms with Crippen LogP contribution in [0, 0.1) is 23.0 Å². The predicted molar refractivity (Wildman–Crippen MR) is 64.7 cm³/mol. The van der Waals surface area contributed by atoms with E-state index in [1.165, 1.54) is 18.6 Å². The van der Waals surface area contributed by atoms with Crippen LogP contribution in [0.3, 0.4) is 0 Å². The summed E-state index contributed by atoms with van der Waals surface area (Å²) in [5, 5.41) is 3.37. The third-order valence-corrected chi connectivity index (χ3v) is 3.83. The van der Waals surface area contributed by atoms with Gasteiger partial charge in [0.25, 0.3) is 0 Å². The summed E-state index contributed by atoms with van der Waals surface area (Å²) >= 11 is 0. The zero-order valence-corrected chi connectivity index (χ0v) is 10.6. The smallest absolute Gasteiger partial charge is 0.159 e. The van der Waals surface area contributed by atoms with Crippen molar-refractivity contribution in [3.8, 4) is 0 Å². The third kappa shape index (κ3) is 2.83. The summed E-state index contributed by atoms with van der Waals surface area (Å²) in [4.78, 5) is 0. The minimum atomic E-state index is -0.788. The molecule has 2 rings (SSSR count). The van der Waals surface area contributed by atoms with Crippen molar-refractivity contribution >= 4 is 0 Å². The van der Waals surface area contributed by atoms with Crippen molar-refractivity contribution in [1.29, 1.82) is 0 Å². The van der Waals surface area contributed by atoms with Gasteiger partial charge in [0.15, 0.2) is 11.6 Å². The van der Waals surface area contributed by atoms with Gasteiger partial charge < -0.3 is 5.32 Å². The highest BCUT2D eigenvalue weighted by atomic mass is 19.2. The highest BCUT2D eigenvalue weighted by Gasteiger charge is 2.44. The summed E-state index contributed by atoms with van der Waals surface area (Å²) in [7, 11) is 0. The van der Waals surface area contributed by atoms with Crippen LogP contribution in [0.2, 0.25) is 0 Å². The van der Waals surface area contributed by atoms with Gasteiger partial charge in [-0.25, -0.2) is 8.78 Å². The van der Waals surface area contributed by atoms with Crippen molar-refractivity contribution in [2.24, 2.45) is 11.3 Å². The molecule has 0 aliphatic heterocycles. The minimum Gasteiger partial charge on any atom is -0.310 e. The van der Waals surface area contributed by atoms with Gasteiger partial charge in [-0.2, -0.15) is 0 Å².